The zero-order valence-electron chi connectivity index (χ0n) is 16.1. The van der Waals surface area contributed by atoms with Crippen LogP contribution in [0.15, 0.2) is 53.1 Å². The molecule has 8 nitrogen and oxygen atoms in total. The lowest BCUT2D eigenvalue weighted by Crippen LogP contribution is -2.29. The minimum absolute atomic E-state index is 0.186. The molecule has 0 saturated carbocycles. The maximum absolute atomic E-state index is 12.4. The smallest absolute Gasteiger partial charge is 0.252 e. The summed E-state index contributed by atoms with van der Waals surface area (Å²) < 4.78 is 5.88. The van der Waals surface area contributed by atoms with Crippen molar-refractivity contribution in [3.8, 4) is 5.75 Å². The summed E-state index contributed by atoms with van der Waals surface area (Å²) in [6.45, 7) is 2.75. The first kappa shape index (κ1) is 20.5. The van der Waals surface area contributed by atoms with Crippen LogP contribution >= 0.6 is 15.9 Å². The van der Waals surface area contributed by atoms with E-state index in [-0.39, 0.29) is 5.91 Å². The molecule has 1 amide bonds. The fraction of sp³-hybridized carbons (Fsp3) is 0.200. The van der Waals surface area contributed by atoms with Gasteiger partial charge >= 0.3 is 0 Å². The van der Waals surface area contributed by atoms with E-state index in [4.69, 9.17) is 4.74 Å². The Hall–Kier alpha value is -3.20. The molecule has 0 unspecified atom stereocenters. The quantitative estimate of drug-likeness (QED) is 0.445. The molecule has 0 radical (unpaired) electrons. The predicted octanol–water partition coefficient (Wildman–Crippen LogP) is 3.54. The van der Waals surface area contributed by atoms with Gasteiger partial charge < -0.3 is 20.7 Å². The summed E-state index contributed by atoms with van der Waals surface area (Å²) in [5.74, 6) is 3.07. The van der Waals surface area contributed by atoms with Gasteiger partial charge in [-0.25, -0.2) is 15.0 Å². The molecule has 0 fully saturated rings. The number of methoxy groups -OCH3 is 1. The Bertz CT molecular complexity index is 984. The molecular weight excluding hydrogens is 436 g/mol. The van der Waals surface area contributed by atoms with Crippen LogP contribution in [0.1, 0.15) is 16.2 Å². The molecule has 3 N–H and O–H groups in total. The van der Waals surface area contributed by atoms with Crippen molar-refractivity contribution in [2.24, 2.45) is 0 Å². The van der Waals surface area contributed by atoms with E-state index >= 15 is 0 Å². The fourth-order valence-electron chi connectivity index (χ4n) is 2.56. The lowest BCUT2D eigenvalue weighted by atomic mass is 10.2. The fourth-order valence-corrected chi connectivity index (χ4v) is 2.98. The second-order valence-electron chi connectivity index (χ2n) is 6.05. The first-order valence-corrected chi connectivity index (χ1v) is 9.74. The Labute approximate surface area is 177 Å². The third-order valence-electron chi connectivity index (χ3n) is 3.89. The predicted molar refractivity (Wildman–Crippen MR) is 116 cm³/mol. The highest BCUT2D eigenvalue weighted by Crippen LogP contribution is 2.22. The van der Waals surface area contributed by atoms with Crippen molar-refractivity contribution in [1.82, 2.24) is 20.3 Å². The van der Waals surface area contributed by atoms with Crippen LogP contribution in [0.25, 0.3) is 0 Å². The number of anilines is 3. The summed E-state index contributed by atoms with van der Waals surface area (Å²) in [4.78, 5) is 25.3. The number of halogens is 1. The molecule has 3 aromatic rings. The Kier molecular flexibility index (Phi) is 6.96. The van der Waals surface area contributed by atoms with Crippen molar-refractivity contribution in [2.75, 3.05) is 30.8 Å². The number of nitrogens with zero attached hydrogens (tertiary/aromatic N) is 3. The van der Waals surface area contributed by atoms with Gasteiger partial charge in [0.15, 0.2) is 0 Å². The number of hydrogen-bond acceptors (Lipinski definition) is 7. The van der Waals surface area contributed by atoms with Gasteiger partial charge in [0, 0.05) is 29.8 Å². The normalized spacial score (nSPS) is 10.3. The summed E-state index contributed by atoms with van der Waals surface area (Å²) >= 11 is 3.39. The maximum Gasteiger partial charge on any atom is 0.252 e. The molecule has 150 valence electrons. The number of carbonyl (C=O) groups excluding carboxylic acids is 1. The molecule has 0 spiro atoms. The van der Waals surface area contributed by atoms with Gasteiger partial charge in [-0.3, -0.25) is 4.79 Å². The Balaban J connectivity index is 1.54. The van der Waals surface area contributed by atoms with Crippen molar-refractivity contribution in [2.45, 2.75) is 6.92 Å². The monoisotopic (exact) mass is 456 g/mol. The zero-order chi connectivity index (χ0) is 20.6. The van der Waals surface area contributed by atoms with Gasteiger partial charge in [0.1, 0.15) is 29.0 Å². The Morgan fingerprint density at radius 1 is 1.07 bits per heavy atom. The molecule has 3 rings (SSSR count). The van der Waals surface area contributed by atoms with Crippen LogP contribution in [0.4, 0.5) is 17.5 Å². The van der Waals surface area contributed by atoms with E-state index in [9.17, 15) is 4.79 Å². The van der Waals surface area contributed by atoms with Gasteiger partial charge in [-0.1, -0.05) is 6.07 Å². The first-order chi connectivity index (χ1) is 14.0. The summed E-state index contributed by atoms with van der Waals surface area (Å²) in [6, 6.07) is 12.7. The van der Waals surface area contributed by atoms with Crippen LogP contribution in [0.5, 0.6) is 5.75 Å². The first-order valence-electron chi connectivity index (χ1n) is 8.94. The Morgan fingerprint density at radius 3 is 2.66 bits per heavy atom. The van der Waals surface area contributed by atoms with Crippen LogP contribution in [0.2, 0.25) is 0 Å². The molecule has 0 aliphatic carbocycles. The van der Waals surface area contributed by atoms with Crippen LogP contribution in [-0.2, 0) is 0 Å². The second-order valence-corrected chi connectivity index (χ2v) is 6.91. The molecule has 1 aromatic carbocycles. The number of hydrogen-bond donors (Lipinski definition) is 3. The van der Waals surface area contributed by atoms with Crippen LogP contribution in [0.3, 0.4) is 0 Å². The minimum Gasteiger partial charge on any atom is -0.497 e. The van der Waals surface area contributed by atoms with Gasteiger partial charge in [0.25, 0.3) is 5.91 Å². The standard InChI is InChI=1S/C20H21BrN6O2/c1-13-25-18(12-19(26-13)27-17-5-3-4-8-22-17)23-9-10-24-20(28)15-11-14(29-2)6-7-16(15)21/h3-8,11-12H,9-10H2,1-2H3,(H,24,28)(H2,22,23,25,26,27). The summed E-state index contributed by atoms with van der Waals surface area (Å²) in [5, 5.41) is 9.21. The topological polar surface area (TPSA) is 101 Å². The van der Waals surface area contributed by atoms with Gasteiger partial charge in [-0.2, -0.15) is 0 Å². The number of aromatic nitrogens is 3. The molecule has 0 aliphatic rings. The van der Waals surface area contributed by atoms with Crippen molar-refractivity contribution in [1.29, 1.82) is 0 Å². The average molecular weight is 457 g/mol. The van der Waals surface area contributed by atoms with Crippen molar-refractivity contribution in [3.05, 3.63) is 64.5 Å². The maximum atomic E-state index is 12.4. The van der Waals surface area contributed by atoms with Gasteiger partial charge in [-0.05, 0) is 53.2 Å². The largest absolute Gasteiger partial charge is 0.497 e. The highest BCUT2D eigenvalue weighted by molar-refractivity contribution is 9.10. The molecule has 9 heteroatoms. The van der Waals surface area contributed by atoms with Crippen LogP contribution < -0.4 is 20.7 Å². The van der Waals surface area contributed by atoms with Crippen molar-refractivity contribution >= 4 is 39.3 Å². The second kappa shape index (κ2) is 9.83. The number of ether oxygens (including phenoxy) is 1. The average Bonchev–Trinajstić information content (AvgIpc) is 2.72. The molecular formula is C20H21BrN6O2. The van der Waals surface area contributed by atoms with E-state index < -0.39 is 0 Å². The molecule has 0 atom stereocenters. The number of nitrogens with one attached hydrogen (secondary N) is 3. The number of benzene rings is 1. The lowest BCUT2D eigenvalue weighted by Gasteiger charge is -2.11. The number of carbonyl (C=O) groups is 1. The highest BCUT2D eigenvalue weighted by Gasteiger charge is 2.11. The minimum atomic E-state index is -0.186. The Morgan fingerprint density at radius 2 is 1.90 bits per heavy atom. The molecule has 29 heavy (non-hydrogen) atoms. The summed E-state index contributed by atoms with van der Waals surface area (Å²) in [6.07, 6.45) is 1.71. The lowest BCUT2D eigenvalue weighted by molar-refractivity contribution is 0.0954. The van der Waals surface area contributed by atoms with Gasteiger partial charge in [0.2, 0.25) is 0 Å². The third-order valence-corrected chi connectivity index (χ3v) is 4.59. The molecule has 0 aliphatic heterocycles. The highest BCUT2D eigenvalue weighted by atomic mass is 79.9. The van der Waals surface area contributed by atoms with E-state index in [1.807, 2.05) is 25.1 Å². The van der Waals surface area contributed by atoms with Crippen LogP contribution in [-0.4, -0.2) is 41.1 Å². The van der Waals surface area contributed by atoms with Crippen molar-refractivity contribution < 1.29 is 9.53 Å². The molecule has 2 aromatic heterocycles. The number of aryl methyl sites for hydroxylation is 1. The van der Waals surface area contributed by atoms with Gasteiger partial charge in [-0.15, -0.1) is 0 Å². The number of rotatable bonds is 8. The van der Waals surface area contributed by atoms with E-state index in [0.717, 1.165) is 0 Å². The van der Waals surface area contributed by atoms with Crippen molar-refractivity contribution in [3.63, 3.8) is 0 Å². The van der Waals surface area contributed by atoms with E-state index in [2.05, 4.69) is 46.8 Å². The van der Waals surface area contributed by atoms with E-state index in [0.29, 0.717) is 52.2 Å². The van der Waals surface area contributed by atoms with E-state index in [1.165, 1.54) is 0 Å². The number of amides is 1. The summed E-state index contributed by atoms with van der Waals surface area (Å²) in [5.41, 5.74) is 0.518. The molecule has 2 heterocycles. The number of pyridine rings is 1. The third kappa shape index (κ3) is 5.89. The van der Waals surface area contributed by atoms with Crippen LogP contribution in [0, 0.1) is 6.92 Å². The van der Waals surface area contributed by atoms with Gasteiger partial charge in [0.05, 0.1) is 12.7 Å². The van der Waals surface area contributed by atoms with E-state index in [1.54, 1.807) is 37.6 Å². The molecule has 0 saturated heterocycles. The molecule has 0 bridgehead atoms. The summed E-state index contributed by atoms with van der Waals surface area (Å²) in [7, 11) is 1.57. The SMILES string of the molecule is COc1ccc(Br)c(C(=O)NCCNc2cc(Nc3ccccn3)nc(C)n2)c1. The zero-order valence-corrected chi connectivity index (χ0v) is 17.7.